The Morgan fingerprint density at radius 2 is 1.27 bits per heavy atom. The van der Waals surface area contributed by atoms with E-state index in [1.165, 1.54) is 122 Å². The molecule has 6 nitrogen and oxygen atoms in total. The molecule has 3 atom stereocenters. The Morgan fingerprint density at radius 1 is 0.686 bits per heavy atom. The Bertz CT molecular complexity index is 878. The van der Waals surface area contributed by atoms with Gasteiger partial charge in [-0.25, -0.2) is 0 Å². The highest BCUT2D eigenvalue weighted by atomic mass is 16.3. The van der Waals surface area contributed by atoms with Crippen LogP contribution in [0.3, 0.4) is 0 Å². The fraction of sp³-hybridized carbons (Fsp3) is 0.933. The van der Waals surface area contributed by atoms with Crippen molar-refractivity contribution in [2.75, 3.05) is 32.7 Å². The fourth-order valence-corrected chi connectivity index (χ4v) is 8.04. The summed E-state index contributed by atoms with van der Waals surface area (Å²) in [5.74, 6) is 0.194. The molecule has 0 aromatic rings. The molecule has 0 aliphatic carbocycles. The lowest BCUT2D eigenvalue weighted by molar-refractivity contribution is 0.00687. The van der Waals surface area contributed by atoms with Gasteiger partial charge in [-0.1, -0.05) is 165 Å². The largest absolute Gasteiger partial charge is 0.389 e. The summed E-state index contributed by atoms with van der Waals surface area (Å²) in [7, 11) is 0. The Kier molecular flexibility index (Phi) is 27.7. The number of allylic oxidation sites excluding steroid dienone is 1. The molecule has 0 saturated carbocycles. The van der Waals surface area contributed by atoms with Crippen molar-refractivity contribution in [1.82, 2.24) is 10.2 Å². The second kappa shape index (κ2) is 28.3. The second-order valence-electron chi connectivity index (χ2n) is 17.2. The van der Waals surface area contributed by atoms with Gasteiger partial charge in [0.05, 0.1) is 12.6 Å². The van der Waals surface area contributed by atoms with Gasteiger partial charge in [-0.05, 0) is 87.1 Å². The molecule has 51 heavy (non-hydrogen) atoms. The molecule has 0 saturated heterocycles. The number of guanidine groups is 1. The van der Waals surface area contributed by atoms with E-state index in [1.807, 2.05) is 6.08 Å². The fourth-order valence-electron chi connectivity index (χ4n) is 8.04. The Morgan fingerprint density at radius 3 is 1.84 bits per heavy atom. The van der Waals surface area contributed by atoms with Crippen molar-refractivity contribution in [2.24, 2.45) is 32.7 Å². The van der Waals surface area contributed by atoms with Crippen LogP contribution in [-0.4, -0.2) is 60.3 Å². The molecule has 0 spiro atoms. The van der Waals surface area contributed by atoms with E-state index in [0.29, 0.717) is 12.0 Å². The first kappa shape index (κ1) is 49.9. The number of nitrogens with one attached hydrogen (secondary N) is 1. The normalized spacial score (nSPS) is 15.7. The van der Waals surface area contributed by atoms with Crippen LogP contribution in [0.2, 0.25) is 0 Å². The minimum absolute atomic E-state index is 0.194. The molecule has 0 heterocycles. The number of aliphatic hydroxyl groups excluding tert-OH is 1. The molecule has 0 aromatic carbocycles. The van der Waals surface area contributed by atoms with Gasteiger partial charge in [0.1, 0.15) is 0 Å². The Labute approximate surface area is 320 Å². The number of unbranched alkanes of at least 4 members (excludes halogenated alkanes) is 10. The van der Waals surface area contributed by atoms with Gasteiger partial charge < -0.3 is 26.8 Å². The lowest BCUT2D eigenvalue weighted by Gasteiger charge is -2.49. The quantitative estimate of drug-likeness (QED) is 0.0226. The van der Waals surface area contributed by atoms with Crippen LogP contribution in [0.15, 0.2) is 17.1 Å². The smallest absolute Gasteiger partial charge is 0.185 e. The molecule has 0 radical (unpaired) electrons. The van der Waals surface area contributed by atoms with Crippen molar-refractivity contribution in [2.45, 2.75) is 222 Å². The zero-order chi connectivity index (χ0) is 38.7. The highest BCUT2D eigenvalue weighted by molar-refractivity contribution is 5.75. The summed E-state index contributed by atoms with van der Waals surface area (Å²) in [6.07, 6.45) is 31.1. The van der Waals surface area contributed by atoms with E-state index in [0.717, 1.165) is 45.4 Å². The topological polar surface area (TPSA) is 99.9 Å². The molecular formula is C45H93N5O. The number of aliphatic hydroxyl groups is 1. The molecule has 6 heteroatoms. The van der Waals surface area contributed by atoms with E-state index >= 15 is 0 Å². The van der Waals surface area contributed by atoms with Crippen molar-refractivity contribution >= 4 is 5.96 Å². The minimum atomic E-state index is -0.249. The zero-order valence-electron chi connectivity index (χ0n) is 36.3. The van der Waals surface area contributed by atoms with Crippen molar-refractivity contribution in [3.05, 3.63) is 12.2 Å². The van der Waals surface area contributed by atoms with Crippen molar-refractivity contribution in [3.63, 3.8) is 0 Å². The zero-order valence-corrected chi connectivity index (χ0v) is 36.3. The highest BCUT2D eigenvalue weighted by Gasteiger charge is 2.43. The van der Waals surface area contributed by atoms with Gasteiger partial charge in [-0.15, -0.1) is 0 Å². The van der Waals surface area contributed by atoms with Gasteiger partial charge in [0.25, 0.3) is 0 Å². The SMILES string of the molecule is CCCCCCCC(O)C=CCCCCCCCCC(CC)(CC)NCCC(C)(CC)C(C)(CC)CN(CCN=C(N)N)CCC(C)(CC)CC. The van der Waals surface area contributed by atoms with Crippen LogP contribution in [0, 0.1) is 16.2 Å². The molecule has 0 aromatic heterocycles. The monoisotopic (exact) mass is 720 g/mol. The van der Waals surface area contributed by atoms with E-state index in [1.54, 1.807) is 0 Å². The molecule has 0 amide bonds. The van der Waals surface area contributed by atoms with Crippen LogP contribution >= 0.6 is 0 Å². The number of aliphatic imine (C=N–C) groups is 1. The highest BCUT2D eigenvalue weighted by Crippen LogP contribution is 2.48. The first-order chi connectivity index (χ1) is 24.3. The molecular weight excluding hydrogens is 627 g/mol. The van der Waals surface area contributed by atoms with E-state index in [2.05, 4.69) is 90.5 Å². The van der Waals surface area contributed by atoms with Crippen LogP contribution < -0.4 is 16.8 Å². The molecule has 6 N–H and O–H groups in total. The van der Waals surface area contributed by atoms with Crippen LogP contribution in [0.1, 0.15) is 210 Å². The van der Waals surface area contributed by atoms with Gasteiger partial charge in [0.15, 0.2) is 5.96 Å². The number of rotatable bonds is 35. The Hall–Kier alpha value is -1.11. The van der Waals surface area contributed by atoms with E-state index in [-0.39, 0.29) is 28.4 Å². The predicted molar refractivity (Wildman–Crippen MR) is 229 cm³/mol. The number of nitrogens with zero attached hydrogens (tertiary/aromatic N) is 2. The predicted octanol–water partition coefficient (Wildman–Crippen LogP) is 11.5. The summed E-state index contributed by atoms with van der Waals surface area (Å²) < 4.78 is 0. The van der Waals surface area contributed by atoms with Crippen molar-refractivity contribution < 1.29 is 5.11 Å². The third kappa shape index (κ3) is 20.8. The van der Waals surface area contributed by atoms with Crippen LogP contribution in [-0.2, 0) is 0 Å². The lowest BCUT2D eigenvalue weighted by Crippen LogP contribution is -2.50. The molecule has 0 aliphatic heterocycles. The molecule has 304 valence electrons. The maximum atomic E-state index is 10.2. The van der Waals surface area contributed by atoms with Gasteiger partial charge in [0.2, 0.25) is 0 Å². The van der Waals surface area contributed by atoms with Gasteiger partial charge in [-0.2, -0.15) is 0 Å². The maximum absolute atomic E-state index is 10.2. The summed E-state index contributed by atoms with van der Waals surface area (Å²) in [4.78, 5) is 7.04. The molecule has 0 fully saturated rings. The third-order valence-electron chi connectivity index (χ3n) is 13.8. The second-order valence-corrected chi connectivity index (χ2v) is 17.2. The maximum Gasteiger partial charge on any atom is 0.185 e. The number of hydrogen-bond donors (Lipinski definition) is 4. The average Bonchev–Trinajstić information content (AvgIpc) is 3.13. The van der Waals surface area contributed by atoms with Crippen LogP contribution in [0.4, 0.5) is 0 Å². The van der Waals surface area contributed by atoms with Gasteiger partial charge in [0, 0.05) is 18.6 Å². The summed E-state index contributed by atoms with van der Waals surface area (Å²) in [6.45, 7) is 28.9. The number of hydrogen-bond acceptors (Lipinski definition) is 4. The third-order valence-corrected chi connectivity index (χ3v) is 13.8. The summed E-state index contributed by atoms with van der Waals surface area (Å²) in [6, 6.07) is 0. The summed E-state index contributed by atoms with van der Waals surface area (Å²) in [5.41, 5.74) is 12.5. The summed E-state index contributed by atoms with van der Waals surface area (Å²) >= 11 is 0. The standard InChI is InChI=1S/C45H93N5O/c1-11-18-19-24-27-30-40(51)31-28-25-22-20-21-23-26-29-32-45(16-6,17-7)49-35-33-43(9,14-4)44(10,15-5)39-50(38-36-48-41(46)47)37-34-42(8,12-2)13-3/h28,31,40,49,51H,11-27,29-30,32-39H2,1-10H3,(H4,46,47,48). The minimum Gasteiger partial charge on any atom is -0.389 e. The van der Waals surface area contributed by atoms with Crippen molar-refractivity contribution in [3.8, 4) is 0 Å². The van der Waals surface area contributed by atoms with Gasteiger partial charge in [-0.3, -0.25) is 4.99 Å². The summed E-state index contributed by atoms with van der Waals surface area (Å²) in [5, 5.41) is 14.3. The molecule has 0 rings (SSSR count). The van der Waals surface area contributed by atoms with Crippen molar-refractivity contribution in [1.29, 1.82) is 0 Å². The van der Waals surface area contributed by atoms with Gasteiger partial charge >= 0.3 is 0 Å². The average molecular weight is 720 g/mol. The first-order valence-electron chi connectivity index (χ1n) is 22.1. The van der Waals surface area contributed by atoms with Crippen LogP contribution in [0.25, 0.3) is 0 Å². The Balaban J connectivity index is 4.97. The first-order valence-corrected chi connectivity index (χ1v) is 22.1. The van der Waals surface area contributed by atoms with Crippen LogP contribution in [0.5, 0.6) is 0 Å². The molecule has 0 bridgehead atoms. The molecule has 3 unspecified atom stereocenters. The van der Waals surface area contributed by atoms with E-state index in [9.17, 15) is 5.11 Å². The molecule has 0 aliphatic rings. The van der Waals surface area contributed by atoms with E-state index < -0.39 is 0 Å². The van der Waals surface area contributed by atoms with E-state index in [4.69, 9.17) is 11.5 Å². The number of nitrogens with two attached hydrogens (primary N) is 2. The lowest BCUT2D eigenvalue weighted by atomic mass is 9.60.